The van der Waals surface area contributed by atoms with Crippen LogP contribution in [0.2, 0.25) is 0 Å². The van der Waals surface area contributed by atoms with Gasteiger partial charge in [0, 0.05) is 30.6 Å². The third-order valence-corrected chi connectivity index (χ3v) is 13.5. The molecule has 1 aromatic carbocycles. The molecule has 1 aromatic rings. The van der Waals surface area contributed by atoms with Crippen LogP contribution in [0.1, 0.15) is 119 Å². The van der Waals surface area contributed by atoms with Gasteiger partial charge in [0.05, 0.1) is 24.3 Å². The topological polar surface area (TPSA) is 176 Å². The van der Waals surface area contributed by atoms with Gasteiger partial charge >= 0.3 is 5.97 Å². The average Bonchev–Trinajstić information content (AvgIpc) is 3.68. The van der Waals surface area contributed by atoms with Crippen molar-refractivity contribution < 1.29 is 38.6 Å². The highest BCUT2D eigenvalue weighted by atomic mass is 32.2. The minimum absolute atomic E-state index is 0.00931. The summed E-state index contributed by atoms with van der Waals surface area (Å²) in [5, 5.41) is 21.1. The molecule has 58 heavy (non-hydrogen) atoms. The number of esters is 1. The summed E-state index contributed by atoms with van der Waals surface area (Å²) in [5.41, 5.74) is -0.280. The summed E-state index contributed by atoms with van der Waals surface area (Å²) in [6, 6.07) is 3.29. The lowest BCUT2D eigenvalue weighted by Crippen LogP contribution is -2.59. The van der Waals surface area contributed by atoms with Crippen LogP contribution in [0.25, 0.3) is 0 Å². The molecule has 4 N–H and O–H groups in total. The smallest absolute Gasteiger partial charge is 0.329 e. The van der Waals surface area contributed by atoms with Crippen molar-refractivity contribution in [3.63, 3.8) is 0 Å². The zero-order valence-corrected chi connectivity index (χ0v) is 37.2. The third kappa shape index (κ3) is 12.4. The maximum Gasteiger partial charge on any atom is 0.329 e. The minimum Gasteiger partial charge on any atom is -0.497 e. The number of aliphatic hydroxyl groups excluding tert-OH is 1. The number of methoxy groups -OCH3 is 1. The number of carbonyl (C=O) groups excluding carboxylic acids is 5. The predicted molar refractivity (Wildman–Crippen MR) is 227 cm³/mol. The van der Waals surface area contributed by atoms with Gasteiger partial charge in [-0.25, -0.2) is 4.79 Å². The fourth-order valence-electron chi connectivity index (χ4n) is 7.76. The zero-order chi connectivity index (χ0) is 42.9. The van der Waals surface area contributed by atoms with E-state index in [1.165, 1.54) is 4.90 Å². The summed E-state index contributed by atoms with van der Waals surface area (Å²) in [6.45, 7) is 17.8. The van der Waals surface area contributed by atoms with Crippen LogP contribution in [0.15, 0.2) is 29.3 Å². The maximum absolute atomic E-state index is 14.3. The number of benzene rings is 1. The van der Waals surface area contributed by atoms with Crippen LogP contribution >= 0.6 is 11.8 Å². The Morgan fingerprint density at radius 1 is 1.00 bits per heavy atom. The van der Waals surface area contributed by atoms with Crippen LogP contribution in [0, 0.1) is 22.7 Å². The predicted octanol–water partition coefficient (Wildman–Crippen LogP) is 5.21. The summed E-state index contributed by atoms with van der Waals surface area (Å²) >= 11 is 1.63. The van der Waals surface area contributed by atoms with Gasteiger partial charge in [0.15, 0.2) is 0 Å². The molecule has 324 valence electrons. The first-order valence-electron chi connectivity index (χ1n) is 21.2. The lowest BCUT2D eigenvalue weighted by Gasteiger charge is -2.38. The first-order valence-corrected chi connectivity index (χ1v) is 22.2. The lowest BCUT2D eigenvalue weighted by atomic mass is 9.78. The van der Waals surface area contributed by atoms with Gasteiger partial charge in [-0.1, -0.05) is 73.9 Å². The van der Waals surface area contributed by atoms with E-state index in [4.69, 9.17) is 14.5 Å². The highest BCUT2D eigenvalue weighted by Crippen LogP contribution is 2.38. The van der Waals surface area contributed by atoms with E-state index < -0.39 is 65.0 Å². The number of ether oxygens (including phenoxy) is 2. The molecule has 4 rings (SSSR count). The Balaban J connectivity index is 1.67. The molecule has 3 aliphatic heterocycles. The zero-order valence-electron chi connectivity index (χ0n) is 36.4. The monoisotopic (exact) mass is 827 g/mol. The molecule has 0 unspecified atom stereocenters. The van der Waals surface area contributed by atoms with Crippen molar-refractivity contribution in [2.24, 2.45) is 27.7 Å². The maximum atomic E-state index is 14.3. The van der Waals surface area contributed by atoms with E-state index in [9.17, 15) is 29.1 Å². The molecule has 14 heteroatoms. The lowest BCUT2D eigenvalue weighted by molar-refractivity contribution is -0.164. The van der Waals surface area contributed by atoms with E-state index in [0.29, 0.717) is 50.8 Å². The van der Waals surface area contributed by atoms with Gasteiger partial charge < -0.3 is 35.4 Å². The van der Waals surface area contributed by atoms with Crippen LogP contribution in [-0.2, 0) is 35.1 Å². The summed E-state index contributed by atoms with van der Waals surface area (Å²) in [6.07, 6.45) is 2.97. The largest absolute Gasteiger partial charge is 0.497 e. The number of carbonyl (C=O) groups is 5. The Bertz CT molecular complexity index is 1630. The van der Waals surface area contributed by atoms with Gasteiger partial charge in [0.1, 0.15) is 36.0 Å². The van der Waals surface area contributed by atoms with Crippen LogP contribution < -0.4 is 20.7 Å². The number of amides is 4. The first kappa shape index (κ1) is 47.0. The normalized spacial score (nSPS) is 30.6. The molecule has 1 fully saturated rings. The molecule has 4 amide bonds. The number of aliphatic imine (C=N–C) groups is 1. The van der Waals surface area contributed by atoms with Crippen molar-refractivity contribution in [3.8, 4) is 5.75 Å². The van der Waals surface area contributed by atoms with E-state index in [2.05, 4.69) is 22.9 Å². The molecular weight excluding hydrogens is 759 g/mol. The van der Waals surface area contributed by atoms with Crippen LogP contribution in [0.3, 0.4) is 0 Å². The second-order valence-electron chi connectivity index (χ2n) is 18.3. The molecule has 2 bridgehead atoms. The van der Waals surface area contributed by atoms with E-state index in [1.54, 1.807) is 37.9 Å². The van der Waals surface area contributed by atoms with Crippen molar-refractivity contribution >= 4 is 46.4 Å². The van der Waals surface area contributed by atoms with E-state index in [1.807, 2.05) is 60.6 Å². The molecular formula is C44H69N5O8S. The van der Waals surface area contributed by atoms with Crippen molar-refractivity contribution in [3.05, 3.63) is 29.8 Å². The van der Waals surface area contributed by atoms with Gasteiger partial charge in [-0.3, -0.25) is 24.2 Å². The van der Waals surface area contributed by atoms with Crippen molar-refractivity contribution in [2.45, 2.75) is 163 Å². The number of nitrogens with zero attached hydrogens (tertiary/aromatic N) is 2. The molecule has 0 aliphatic carbocycles. The second-order valence-corrected chi connectivity index (χ2v) is 19.4. The number of hydrogen-bond acceptors (Lipinski definition) is 10. The van der Waals surface area contributed by atoms with Crippen LogP contribution in [0.4, 0.5) is 0 Å². The van der Waals surface area contributed by atoms with Gasteiger partial charge in [-0.15, -0.1) is 11.8 Å². The second kappa shape index (κ2) is 20.5. The summed E-state index contributed by atoms with van der Waals surface area (Å²) in [7, 11) is 1.57. The number of nitrogens with one attached hydrogen (secondary N) is 3. The van der Waals surface area contributed by atoms with Crippen LogP contribution in [-0.4, -0.2) is 106 Å². The molecule has 1 saturated heterocycles. The molecule has 9 atom stereocenters. The SMILES string of the molecule is CC[C@H](C)[C@@H]1NC(=O)[C@H](C)NC(=O)[C@H](Cc2ccc(OC)cc2)NC(=O)CC[C@@H]2CCSC(=N2)C(C)(C)[C@@H](O)C[C@H](C)C[C@@H](C(C)(C)C)OC(=O)[C@@H]2CCCN2C1=O. The molecule has 0 aromatic heterocycles. The summed E-state index contributed by atoms with van der Waals surface area (Å²) in [4.78, 5) is 76.0. The summed E-state index contributed by atoms with van der Waals surface area (Å²) < 4.78 is 11.6. The van der Waals surface area contributed by atoms with Crippen molar-refractivity contribution in [1.82, 2.24) is 20.9 Å². The Hall–Kier alpha value is -3.65. The number of fused-ring (bicyclic) bond motifs is 2. The number of cyclic esters (lactones) is 1. The Kier molecular flexibility index (Phi) is 16.7. The highest BCUT2D eigenvalue weighted by Gasteiger charge is 2.43. The highest BCUT2D eigenvalue weighted by molar-refractivity contribution is 8.14. The molecule has 3 heterocycles. The molecule has 13 nitrogen and oxygen atoms in total. The number of rotatable bonds is 5. The molecule has 0 spiro atoms. The van der Waals surface area contributed by atoms with E-state index in [0.717, 1.165) is 22.8 Å². The van der Waals surface area contributed by atoms with Gasteiger partial charge in [0.25, 0.3) is 0 Å². The van der Waals surface area contributed by atoms with Crippen LogP contribution in [0.5, 0.6) is 5.75 Å². The Morgan fingerprint density at radius 3 is 2.33 bits per heavy atom. The van der Waals surface area contributed by atoms with E-state index in [-0.39, 0.29) is 42.5 Å². The van der Waals surface area contributed by atoms with Gasteiger partial charge in [0.2, 0.25) is 23.6 Å². The summed E-state index contributed by atoms with van der Waals surface area (Å²) in [5.74, 6) is -1.07. The number of hydrogen-bond donors (Lipinski definition) is 4. The van der Waals surface area contributed by atoms with E-state index >= 15 is 0 Å². The standard InChI is InChI=1S/C44H69N5O8S/c1-11-27(3)37-40(54)49-21-12-13-33(49)41(55)57-35(43(5,6)7)24-26(2)23-34(50)44(8,9)42-46-30(20-22-58-42)16-19-36(51)47-32(39(53)45-28(4)38(52)48-37)25-29-14-17-31(56-10)18-15-29/h14-15,17-18,26-28,30,32-35,37,50H,11-13,16,19-25H2,1-10H3,(H,45,53)(H,47,51)(H,48,52)/t26-,27-,28-,30+,32-,33-,34-,35-,37-/m0/s1. The minimum atomic E-state index is -1.04. The number of thioether (sulfide) groups is 1. The Morgan fingerprint density at radius 2 is 1.69 bits per heavy atom. The fourth-order valence-corrected chi connectivity index (χ4v) is 9.08. The van der Waals surface area contributed by atoms with Gasteiger partial charge in [-0.05, 0) is 80.4 Å². The fraction of sp³-hybridized carbons (Fsp3) is 0.727. The average molecular weight is 828 g/mol. The van der Waals surface area contributed by atoms with Gasteiger partial charge in [-0.2, -0.15) is 0 Å². The molecule has 3 aliphatic rings. The molecule has 0 saturated carbocycles. The molecule has 0 radical (unpaired) electrons. The number of aliphatic hydroxyl groups is 1. The quantitative estimate of drug-likeness (QED) is 0.291. The van der Waals surface area contributed by atoms with Crippen molar-refractivity contribution in [1.29, 1.82) is 0 Å². The third-order valence-electron chi connectivity index (χ3n) is 12.1. The van der Waals surface area contributed by atoms with Crippen molar-refractivity contribution in [2.75, 3.05) is 19.4 Å². The first-order chi connectivity index (χ1) is 27.2. The Labute approximate surface area is 350 Å².